The van der Waals surface area contributed by atoms with E-state index in [1.54, 1.807) is 25.3 Å². The second-order valence-electron chi connectivity index (χ2n) is 6.18. The molecule has 1 fully saturated rings. The van der Waals surface area contributed by atoms with Gasteiger partial charge in [-0.1, -0.05) is 11.6 Å². The number of halogens is 1. The van der Waals surface area contributed by atoms with Crippen molar-refractivity contribution < 1.29 is 8.42 Å². The van der Waals surface area contributed by atoms with Gasteiger partial charge in [0.2, 0.25) is 0 Å². The molecular formula is C16H15ClN4O2S2. The molecule has 0 bridgehead atoms. The van der Waals surface area contributed by atoms with Gasteiger partial charge in [0, 0.05) is 27.7 Å². The van der Waals surface area contributed by atoms with Gasteiger partial charge in [-0.3, -0.25) is 10.4 Å². The highest BCUT2D eigenvalue weighted by atomic mass is 35.5. The van der Waals surface area contributed by atoms with Gasteiger partial charge in [0.1, 0.15) is 17.2 Å². The number of nitriles is 1. The van der Waals surface area contributed by atoms with Crippen LogP contribution in [0.3, 0.4) is 0 Å². The number of nitrogens with zero attached hydrogens (tertiary/aromatic N) is 2. The van der Waals surface area contributed by atoms with E-state index in [1.807, 2.05) is 6.07 Å². The molecule has 2 aromatic rings. The lowest BCUT2D eigenvalue weighted by Crippen LogP contribution is -2.58. The number of aromatic nitrogens is 1. The van der Waals surface area contributed by atoms with E-state index in [2.05, 4.69) is 10.3 Å². The molecule has 2 N–H and O–H groups in total. The van der Waals surface area contributed by atoms with Crippen molar-refractivity contribution in [2.45, 2.75) is 24.6 Å². The van der Waals surface area contributed by atoms with Crippen molar-refractivity contribution in [2.75, 3.05) is 5.75 Å². The third-order valence-electron chi connectivity index (χ3n) is 4.19. The number of hydrogen-bond acceptors (Lipinski definition) is 6. The first-order valence-corrected chi connectivity index (χ1v) is 10.3. The molecule has 0 amide bonds. The quantitative estimate of drug-likeness (QED) is 0.814. The average molecular weight is 395 g/mol. The Labute approximate surface area is 154 Å². The third-order valence-corrected chi connectivity index (χ3v) is 8.34. The fourth-order valence-electron chi connectivity index (χ4n) is 2.79. The van der Waals surface area contributed by atoms with Crippen molar-refractivity contribution in [1.82, 2.24) is 10.3 Å². The molecule has 6 nitrogen and oxygen atoms in total. The van der Waals surface area contributed by atoms with Crippen LogP contribution < -0.4 is 5.32 Å². The Bertz CT molecular complexity index is 1010. The monoisotopic (exact) mass is 394 g/mol. The van der Waals surface area contributed by atoms with E-state index in [0.29, 0.717) is 15.5 Å². The van der Waals surface area contributed by atoms with Gasteiger partial charge in [0.05, 0.1) is 21.9 Å². The minimum absolute atomic E-state index is 0.0343. The van der Waals surface area contributed by atoms with Gasteiger partial charge in [-0.15, -0.1) is 11.3 Å². The Morgan fingerprint density at radius 2 is 2.20 bits per heavy atom. The lowest BCUT2D eigenvalue weighted by Gasteiger charge is -2.38. The predicted molar refractivity (Wildman–Crippen MR) is 98.7 cm³/mol. The molecule has 0 spiro atoms. The molecule has 2 aromatic heterocycles. The molecule has 9 heteroatoms. The van der Waals surface area contributed by atoms with Crippen molar-refractivity contribution >= 4 is 38.6 Å². The molecule has 3 heterocycles. The van der Waals surface area contributed by atoms with Gasteiger partial charge in [-0.2, -0.15) is 5.26 Å². The summed E-state index contributed by atoms with van der Waals surface area (Å²) in [5, 5.41) is 19.6. The highest BCUT2D eigenvalue weighted by Crippen LogP contribution is 2.42. The van der Waals surface area contributed by atoms with Gasteiger partial charge in [-0.25, -0.2) is 8.42 Å². The van der Waals surface area contributed by atoms with Gasteiger partial charge < -0.3 is 5.32 Å². The van der Waals surface area contributed by atoms with Crippen LogP contribution in [0.5, 0.6) is 0 Å². The van der Waals surface area contributed by atoms with Crippen molar-refractivity contribution in [3.05, 3.63) is 40.0 Å². The second kappa shape index (κ2) is 6.09. The van der Waals surface area contributed by atoms with Gasteiger partial charge in [0.25, 0.3) is 0 Å². The van der Waals surface area contributed by atoms with Gasteiger partial charge in [0.15, 0.2) is 9.84 Å². The van der Waals surface area contributed by atoms with Crippen molar-refractivity contribution in [2.24, 2.45) is 0 Å². The van der Waals surface area contributed by atoms with Crippen LogP contribution in [-0.4, -0.2) is 30.2 Å². The summed E-state index contributed by atoms with van der Waals surface area (Å²) < 4.78 is 24.8. The standard InChI is InChI=1S/C16H15ClN4O2S2/c1-9-15(19)21-16(2,8-25(9,22)23)14-12(17)4-13(24-14)11-3-10(5-18)6-20-7-11/h3-4,6-7,9H,8H2,1-2H3,(H2,19,21)/t9?,16-/m0/s1. The number of sulfone groups is 1. The van der Waals surface area contributed by atoms with Crippen molar-refractivity contribution in [3.8, 4) is 16.5 Å². The van der Waals surface area contributed by atoms with E-state index in [9.17, 15) is 8.42 Å². The van der Waals surface area contributed by atoms with Crippen LogP contribution in [0.1, 0.15) is 24.3 Å². The number of pyridine rings is 1. The van der Waals surface area contributed by atoms with E-state index in [0.717, 1.165) is 10.4 Å². The lowest BCUT2D eigenvalue weighted by molar-refractivity contribution is 0.466. The largest absolute Gasteiger partial charge is 0.362 e. The molecule has 2 atom stereocenters. The summed E-state index contributed by atoms with van der Waals surface area (Å²) in [6.07, 6.45) is 3.10. The zero-order valence-corrected chi connectivity index (χ0v) is 15.9. The van der Waals surface area contributed by atoms with Crippen LogP contribution in [0.15, 0.2) is 24.5 Å². The SMILES string of the molecule is CC1C(=N)N[C@](C)(c2sc(-c3cncc(C#N)c3)cc2Cl)CS1(=O)=O. The van der Waals surface area contributed by atoms with Gasteiger partial charge in [-0.05, 0) is 26.0 Å². The summed E-state index contributed by atoms with van der Waals surface area (Å²) in [5.74, 6) is -0.174. The maximum absolute atomic E-state index is 12.4. The molecule has 0 aromatic carbocycles. The normalized spacial score (nSPS) is 25.2. The smallest absolute Gasteiger partial charge is 0.162 e. The summed E-state index contributed by atoms with van der Waals surface area (Å²) in [5.41, 5.74) is 0.203. The van der Waals surface area contributed by atoms with Crippen LogP contribution in [0.4, 0.5) is 0 Å². The highest BCUT2D eigenvalue weighted by molar-refractivity contribution is 7.92. The van der Waals surface area contributed by atoms with Crippen LogP contribution in [0, 0.1) is 16.7 Å². The minimum atomic E-state index is -3.44. The van der Waals surface area contributed by atoms with Crippen LogP contribution in [0.25, 0.3) is 10.4 Å². The van der Waals surface area contributed by atoms with E-state index >= 15 is 0 Å². The summed E-state index contributed by atoms with van der Waals surface area (Å²) in [6, 6.07) is 5.48. The maximum atomic E-state index is 12.4. The average Bonchev–Trinajstić information content (AvgIpc) is 2.95. The van der Waals surface area contributed by atoms with E-state index in [-0.39, 0.29) is 11.6 Å². The number of rotatable bonds is 2. The zero-order chi connectivity index (χ0) is 18.4. The van der Waals surface area contributed by atoms with Crippen LogP contribution in [0.2, 0.25) is 5.02 Å². The molecule has 0 saturated carbocycles. The summed E-state index contributed by atoms with van der Waals surface area (Å²) >= 11 is 7.72. The van der Waals surface area contributed by atoms with Crippen LogP contribution in [-0.2, 0) is 15.4 Å². The summed E-state index contributed by atoms with van der Waals surface area (Å²) in [4.78, 5) is 5.47. The fraction of sp³-hybridized carbons (Fsp3) is 0.312. The Morgan fingerprint density at radius 1 is 1.48 bits per heavy atom. The molecule has 3 rings (SSSR count). The molecule has 0 radical (unpaired) electrons. The first-order chi connectivity index (χ1) is 11.7. The Kier molecular flexibility index (Phi) is 4.35. The predicted octanol–water partition coefficient (Wildman–Crippen LogP) is 2.93. The number of amidine groups is 1. The first kappa shape index (κ1) is 17.9. The molecule has 1 saturated heterocycles. The Morgan fingerprint density at radius 3 is 2.84 bits per heavy atom. The zero-order valence-electron chi connectivity index (χ0n) is 13.5. The fourth-order valence-corrected chi connectivity index (χ4v) is 6.20. The first-order valence-electron chi connectivity index (χ1n) is 7.40. The molecule has 1 aliphatic rings. The number of thiophene rings is 1. The Hall–Kier alpha value is -1.95. The molecule has 0 aliphatic carbocycles. The molecular weight excluding hydrogens is 380 g/mol. The molecule has 130 valence electrons. The topological polar surface area (TPSA) is 107 Å². The maximum Gasteiger partial charge on any atom is 0.162 e. The van der Waals surface area contributed by atoms with Crippen LogP contribution >= 0.6 is 22.9 Å². The second-order valence-corrected chi connectivity index (χ2v) is 9.96. The number of nitrogens with one attached hydrogen (secondary N) is 2. The van der Waals surface area contributed by atoms with Crippen molar-refractivity contribution in [1.29, 1.82) is 10.7 Å². The lowest BCUT2D eigenvalue weighted by atomic mass is 10.0. The highest BCUT2D eigenvalue weighted by Gasteiger charge is 2.45. The molecule has 25 heavy (non-hydrogen) atoms. The third kappa shape index (κ3) is 3.15. The molecule has 1 aliphatic heterocycles. The minimum Gasteiger partial charge on any atom is -0.362 e. The summed E-state index contributed by atoms with van der Waals surface area (Å²) in [6.45, 7) is 3.24. The van der Waals surface area contributed by atoms with E-state index < -0.39 is 20.6 Å². The summed E-state index contributed by atoms with van der Waals surface area (Å²) in [7, 11) is -3.44. The van der Waals surface area contributed by atoms with Crippen molar-refractivity contribution in [3.63, 3.8) is 0 Å². The van der Waals surface area contributed by atoms with E-state index in [1.165, 1.54) is 24.5 Å². The molecule has 1 unspecified atom stereocenters. The van der Waals surface area contributed by atoms with Gasteiger partial charge >= 0.3 is 0 Å². The number of hydrogen-bond donors (Lipinski definition) is 2. The Balaban J connectivity index is 2.06. The van der Waals surface area contributed by atoms with E-state index in [4.69, 9.17) is 22.3 Å².